The number of hydrogen-bond donors (Lipinski definition) is 2. The fourth-order valence-electron chi connectivity index (χ4n) is 3.89. The Balaban J connectivity index is 1.65. The molecule has 0 heterocycles. The molecule has 0 fully saturated rings. The molecule has 3 rings (SSSR count). The maximum atomic E-state index is 13.0. The first-order valence-electron chi connectivity index (χ1n) is 11.7. The molecule has 1 unspecified atom stereocenters. The Morgan fingerprint density at radius 3 is 2.03 bits per heavy atom. The van der Waals surface area contributed by atoms with Gasteiger partial charge in [-0.05, 0) is 58.0 Å². The summed E-state index contributed by atoms with van der Waals surface area (Å²) in [6.45, 7) is 7.18. The van der Waals surface area contributed by atoms with E-state index in [4.69, 9.17) is 9.47 Å². The summed E-state index contributed by atoms with van der Waals surface area (Å²) in [5.41, 5.74) is 5.74. The monoisotopic (exact) mass is 492 g/mol. The number of carbonyl (C=O) groups is 1. The summed E-state index contributed by atoms with van der Waals surface area (Å²) in [6, 6.07) is 22.3. The molecule has 6 heteroatoms. The minimum atomic E-state index is -0.437. The first kappa shape index (κ1) is 26.6. The summed E-state index contributed by atoms with van der Waals surface area (Å²) >= 11 is 1.43. The lowest BCUT2D eigenvalue weighted by molar-refractivity contribution is -0.122. The number of nitrogens with one attached hydrogen (secondary N) is 2. The highest BCUT2D eigenvalue weighted by molar-refractivity contribution is 7.96. The van der Waals surface area contributed by atoms with Crippen LogP contribution in [0, 0.1) is 0 Å². The molecule has 1 amide bonds. The summed E-state index contributed by atoms with van der Waals surface area (Å²) in [4.78, 5) is 13.0. The zero-order chi connectivity index (χ0) is 25.4. The number of rotatable bonds is 10. The van der Waals surface area contributed by atoms with Crippen LogP contribution >= 0.6 is 11.9 Å². The van der Waals surface area contributed by atoms with Crippen LogP contribution < -0.4 is 19.5 Å². The Labute approximate surface area is 213 Å². The molecule has 3 aromatic rings. The summed E-state index contributed by atoms with van der Waals surface area (Å²) in [5.74, 6) is 1.33. The van der Waals surface area contributed by atoms with Crippen LogP contribution in [-0.4, -0.2) is 32.9 Å². The summed E-state index contributed by atoms with van der Waals surface area (Å²) in [6.07, 6.45) is 2.62. The van der Waals surface area contributed by atoms with Crippen molar-refractivity contribution in [3.63, 3.8) is 0 Å². The van der Waals surface area contributed by atoms with Crippen LogP contribution in [-0.2, 0) is 16.6 Å². The molecule has 0 aliphatic heterocycles. The molecule has 3 aromatic carbocycles. The van der Waals surface area contributed by atoms with Gasteiger partial charge in [-0.1, -0.05) is 87.3 Å². The van der Waals surface area contributed by atoms with Gasteiger partial charge in [0.2, 0.25) is 5.91 Å². The molecule has 0 spiro atoms. The van der Waals surface area contributed by atoms with Gasteiger partial charge in [-0.3, -0.25) is 4.79 Å². The van der Waals surface area contributed by atoms with Crippen molar-refractivity contribution in [1.29, 1.82) is 0 Å². The molecule has 0 aliphatic carbocycles. The molecule has 0 saturated carbocycles. The van der Waals surface area contributed by atoms with Gasteiger partial charge in [0, 0.05) is 6.54 Å². The highest BCUT2D eigenvalue weighted by atomic mass is 32.2. The topological polar surface area (TPSA) is 59.6 Å². The van der Waals surface area contributed by atoms with E-state index in [1.54, 1.807) is 14.2 Å². The predicted molar refractivity (Wildman–Crippen MR) is 146 cm³/mol. The first-order valence-corrected chi connectivity index (χ1v) is 13.0. The molecule has 1 atom stereocenters. The SMILES string of the molecule is COc1ccc(CCNC(=O)C(NSC)c2ccc(-c3ccc(C(C)(C)C)cc3)cc2)cc1OC. The first-order chi connectivity index (χ1) is 16.8. The van der Waals surface area contributed by atoms with E-state index in [2.05, 4.69) is 67.2 Å². The number of hydrogen-bond acceptors (Lipinski definition) is 5. The molecular weight excluding hydrogens is 456 g/mol. The maximum Gasteiger partial charge on any atom is 0.242 e. The second-order valence-corrected chi connectivity index (χ2v) is 10.1. The lowest BCUT2D eigenvalue weighted by Crippen LogP contribution is -2.36. The van der Waals surface area contributed by atoms with Gasteiger partial charge in [-0.15, -0.1) is 0 Å². The second-order valence-electron chi connectivity index (χ2n) is 9.43. The molecule has 2 N–H and O–H groups in total. The van der Waals surface area contributed by atoms with Gasteiger partial charge in [0.15, 0.2) is 11.5 Å². The number of benzene rings is 3. The molecular formula is C29H36N2O3S. The Bertz CT molecular complexity index is 1110. The van der Waals surface area contributed by atoms with E-state index < -0.39 is 6.04 Å². The molecule has 35 heavy (non-hydrogen) atoms. The molecule has 0 aromatic heterocycles. The predicted octanol–water partition coefficient (Wildman–Crippen LogP) is 5.94. The van der Waals surface area contributed by atoms with Gasteiger partial charge in [0.05, 0.1) is 14.2 Å². The molecule has 0 bridgehead atoms. The number of carbonyl (C=O) groups excluding carboxylic acids is 1. The number of amides is 1. The van der Waals surface area contributed by atoms with Crippen LogP contribution in [0.15, 0.2) is 66.7 Å². The summed E-state index contributed by atoms with van der Waals surface area (Å²) < 4.78 is 13.9. The van der Waals surface area contributed by atoms with Crippen molar-refractivity contribution in [3.05, 3.63) is 83.4 Å². The zero-order valence-corrected chi connectivity index (χ0v) is 22.3. The van der Waals surface area contributed by atoms with Gasteiger partial charge in [-0.25, -0.2) is 4.72 Å². The van der Waals surface area contributed by atoms with Crippen LogP contribution in [0.4, 0.5) is 0 Å². The smallest absolute Gasteiger partial charge is 0.242 e. The Hall–Kier alpha value is -2.96. The van der Waals surface area contributed by atoms with Gasteiger partial charge < -0.3 is 14.8 Å². The largest absolute Gasteiger partial charge is 0.493 e. The maximum absolute atomic E-state index is 13.0. The van der Waals surface area contributed by atoms with Crippen LogP contribution in [0.1, 0.15) is 43.5 Å². The van der Waals surface area contributed by atoms with Gasteiger partial charge in [0.25, 0.3) is 0 Å². The molecule has 0 aliphatic rings. The lowest BCUT2D eigenvalue weighted by Gasteiger charge is -2.19. The van der Waals surface area contributed by atoms with Gasteiger partial charge in [0.1, 0.15) is 6.04 Å². The summed E-state index contributed by atoms with van der Waals surface area (Å²) in [5, 5.41) is 3.06. The Morgan fingerprint density at radius 2 is 1.49 bits per heavy atom. The molecule has 0 saturated heterocycles. The molecule has 0 radical (unpaired) electrons. The number of ether oxygens (including phenoxy) is 2. The van der Waals surface area contributed by atoms with Crippen LogP contribution in [0.2, 0.25) is 0 Å². The Kier molecular flexibility index (Phi) is 9.24. The lowest BCUT2D eigenvalue weighted by atomic mass is 9.86. The third-order valence-electron chi connectivity index (χ3n) is 5.99. The minimum absolute atomic E-state index is 0.0536. The van der Waals surface area contributed by atoms with E-state index in [1.165, 1.54) is 23.1 Å². The van der Waals surface area contributed by atoms with Crippen molar-refractivity contribution in [2.24, 2.45) is 0 Å². The molecule has 5 nitrogen and oxygen atoms in total. The van der Waals surface area contributed by atoms with E-state index in [0.717, 1.165) is 16.7 Å². The van der Waals surface area contributed by atoms with Crippen molar-refractivity contribution in [3.8, 4) is 22.6 Å². The van der Waals surface area contributed by atoms with E-state index in [1.807, 2.05) is 36.6 Å². The van der Waals surface area contributed by atoms with Crippen LogP contribution in [0.25, 0.3) is 11.1 Å². The second kappa shape index (κ2) is 12.1. The van der Waals surface area contributed by atoms with Crippen LogP contribution in [0.5, 0.6) is 11.5 Å². The van der Waals surface area contributed by atoms with E-state index in [9.17, 15) is 4.79 Å². The normalized spacial score (nSPS) is 12.2. The minimum Gasteiger partial charge on any atom is -0.493 e. The van der Waals surface area contributed by atoms with Crippen molar-refractivity contribution >= 4 is 17.9 Å². The van der Waals surface area contributed by atoms with Gasteiger partial charge >= 0.3 is 0 Å². The highest BCUT2D eigenvalue weighted by Gasteiger charge is 2.20. The molecule has 186 valence electrons. The zero-order valence-electron chi connectivity index (χ0n) is 21.5. The van der Waals surface area contributed by atoms with Crippen molar-refractivity contribution in [2.75, 3.05) is 27.0 Å². The fraction of sp³-hybridized carbons (Fsp3) is 0.345. The van der Waals surface area contributed by atoms with Gasteiger partial charge in [-0.2, -0.15) is 0 Å². The quantitative estimate of drug-likeness (QED) is 0.343. The van der Waals surface area contributed by atoms with E-state index in [0.29, 0.717) is 24.5 Å². The van der Waals surface area contributed by atoms with Crippen molar-refractivity contribution < 1.29 is 14.3 Å². The standard InChI is InChI=1S/C29H36N2O3S/c1-29(2,3)24-14-12-22(13-15-24)21-8-10-23(11-9-21)27(31-35-6)28(32)30-18-17-20-7-16-25(33-4)26(19-20)34-5/h7-16,19,27,31H,17-18H2,1-6H3,(H,30,32). The third kappa shape index (κ3) is 7.03. The highest BCUT2D eigenvalue weighted by Crippen LogP contribution is 2.29. The van der Waals surface area contributed by atoms with Crippen molar-refractivity contribution in [1.82, 2.24) is 10.0 Å². The van der Waals surface area contributed by atoms with E-state index in [-0.39, 0.29) is 11.3 Å². The van der Waals surface area contributed by atoms with E-state index >= 15 is 0 Å². The third-order valence-corrected chi connectivity index (χ3v) is 6.46. The average molecular weight is 493 g/mol. The van der Waals surface area contributed by atoms with Crippen molar-refractivity contribution in [2.45, 2.75) is 38.6 Å². The average Bonchev–Trinajstić information content (AvgIpc) is 2.86. The van der Waals surface area contributed by atoms with Crippen LogP contribution in [0.3, 0.4) is 0 Å². The fourth-order valence-corrected chi connectivity index (χ4v) is 4.37. The summed E-state index contributed by atoms with van der Waals surface area (Å²) in [7, 11) is 3.24. The number of methoxy groups -OCH3 is 2. The Morgan fingerprint density at radius 1 is 0.886 bits per heavy atom.